The molecule has 3 aromatic heterocycles. The zero-order valence-corrected chi connectivity index (χ0v) is 33.6. The number of carbonyl (C=O) groups is 1. The average molecular weight is 856 g/mol. The monoisotopic (exact) mass is 856 g/mol. The van der Waals surface area contributed by atoms with Crippen LogP contribution in [0.4, 0.5) is 0 Å². The van der Waals surface area contributed by atoms with Crippen molar-refractivity contribution >= 4 is 69.6 Å². The van der Waals surface area contributed by atoms with E-state index in [0.29, 0.717) is 0 Å². The van der Waals surface area contributed by atoms with Crippen molar-refractivity contribution in [1.29, 1.82) is 0 Å². The van der Waals surface area contributed by atoms with E-state index in [-0.39, 0.29) is 47.9 Å². The van der Waals surface area contributed by atoms with Crippen molar-refractivity contribution in [2.45, 2.75) is 93.4 Å². The number of allylic oxidation sites excluding steroid dienone is 2. The topological polar surface area (TPSA) is 63.1 Å². The van der Waals surface area contributed by atoms with Crippen molar-refractivity contribution in [3.05, 3.63) is 83.7 Å². The number of thiophene rings is 2. The molecule has 1 radical (unpaired) electrons. The van der Waals surface area contributed by atoms with Gasteiger partial charge in [0.25, 0.3) is 0 Å². The summed E-state index contributed by atoms with van der Waals surface area (Å²) in [6.07, 6.45) is 6.45. The van der Waals surface area contributed by atoms with E-state index in [0.717, 1.165) is 52.5 Å². The first-order valence-electron chi connectivity index (χ1n) is 16.7. The Labute approximate surface area is 307 Å². The molecule has 1 N–H and O–H groups in total. The Hall–Kier alpha value is -2.96. The molecule has 0 unspecified atom stereocenters. The average Bonchev–Trinajstić information content (AvgIpc) is 3.69. The van der Waals surface area contributed by atoms with Crippen LogP contribution in [0.15, 0.2) is 72.1 Å². The number of carbonyl (C=O) groups excluding carboxylic acids is 1. The van der Waals surface area contributed by atoms with Gasteiger partial charge in [-0.1, -0.05) is 91.5 Å². The number of aliphatic hydroxyl groups excluding tert-OH is 1. The summed E-state index contributed by atoms with van der Waals surface area (Å²) < 4.78 is 3.70. The first kappa shape index (κ1) is 37.9. The number of ketones is 1. The Kier molecular flexibility index (Phi) is 11.7. The zero-order valence-electron chi connectivity index (χ0n) is 29.6. The maximum Gasteiger partial charge on any atom is 0.164 e. The summed E-state index contributed by atoms with van der Waals surface area (Å²) in [6, 6.07) is 21.2. The Balaban J connectivity index is 0.000000251. The Morgan fingerprint density at radius 1 is 0.854 bits per heavy atom. The molecule has 48 heavy (non-hydrogen) atoms. The fraction of sp³-hybridized carbons (Fsp3) is 0.390. The molecule has 0 aliphatic rings. The Bertz CT molecular complexity index is 2090. The number of hydrogen-bond acceptors (Lipinski definition) is 6. The van der Waals surface area contributed by atoms with Gasteiger partial charge in [0.2, 0.25) is 0 Å². The molecule has 0 fully saturated rings. The smallest absolute Gasteiger partial charge is 0.164 e. The molecule has 0 aliphatic carbocycles. The number of fused-ring (bicyclic) bond motifs is 5. The quantitative estimate of drug-likeness (QED) is 0.0941. The van der Waals surface area contributed by atoms with Gasteiger partial charge in [-0.05, 0) is 60.1 Å². The van der Waals surface area contributed by atoms with Crippen LogP contribution in [0.5, 0.6) is 0 Å². The summed E-state index contributed by atoms with van der Waals surface area (Å²) in [4.78, 5) is 21.6. The molecule has 255 valence electrons. The first-order chi connectivity index (χ1) is 22.3. The fourth-order valence-electron chi connectivity index (χ4n) is 5.88. The number of aromatic nitrogens is 2. The molecule has 0 saturated heterocycles. The fourth-order valence-corrected chi connectivity index (χ4v) is 7.88. The first-order valence-corrected chi connectivity index (χ1v) is 18.4. The number of rotatable bonds is 8. The van der Waals surface area contributed by atoms with Crippen molar-refractivity contribution in [3.63, 3.8) is 0 Å². The van der Waals surface area contributed by atoms with Gasteiger partial charge in [-0.3, -0.25) is 9.78 Å². The van der Waals surface area contributed by atoms with Crippen LogP contribution in [0, 0.1) is 16.9 Å². The van der Waals surface area contributed by atoms with Gasteiger partial charge in [-0.2, -0.15) is 0 Å². The van der Waals surface area contributed by atoms with Gasteiger partial charge in [-0.25, -0.2) is 4.98 Å². The third kappa shape index (κ3) is 7.31. The maximum atomic E-state index is 12.2. The predicted octanol–water partition coefficient (Wildman–Crippen LogP) is 12.6. The predicted molar refractivity (Wildman–Crippen MR) is 204 cm³/mol. The Morgan fingerprint density at radius 2 is 1.52 bits per heavy atom. The van der Waals surface area contributed by atoms with E-state index in [1.54, 1.807) is 29.0 Å². The van der Waals surface area contributed by atoms with E-state index in [1.165, 1.54) is 37.2 Å². The van der Waals surface area contributed by atoms with Gasteiger partial charge in [0.15, 0.2) is 5.78 Å². The van der Waals surface area contributed by atoms with Crippen molar-refractivity contribution in [1.82, 2.24) is 9.97 Å². The molecule has 6 aromatic rings. The van der Waals surface area contributed by atoms with Gasteiger partial charge in [0, 0.05) is 62.2 Å². The normalized spacial score (nSPS) is 12.7. The Morgan fingerprint density at radius 3 is 2.17 bits per heavy atom. The molecule has 0 spiro atoms. The molecular weight excluding hydrogens is 809 g/mol. The van der Waals surface area contributed by atoms with Gasteiger partial charge < -0.3 is 5.11 Å². The molecule has 6 rings (SSSR count). The molecule has 4 nitrogen and oxygen atoms in total. The maximum absolute atomic E-state index is 12.2. The van der Waals surface area contributed by atoms with Gasteiger partial charge >= 0.3 is 0 Å². The SMILES string of the molecule is CC(C)(C)c1cc(-c2ncnc3c2sc2cc4ccsc4cc23)[c-]c2ccccc12.CCC(C)(CC)C(=O)/C=C(\O)C(C)(CC)CC.[Ir]. The van der Waals surface area contributed by atoms with E-state index in [9.17, 15) is 9.90 Å². The third-order valence-corrected chi connectivity index (χ3v) is 12.3. The van der Waals surface area contributed by atoms with Crippen LogP contribution in [0.3, 0.4) is 0 Å². The molecule has 0 atom stereocenters. The number of hydrogen-bond donors (Lipinski definition) is 1. The number of benzene rings is 3. The summed E-state index contributed by atoms with van der Waals surface area (Å²) >= 11 is 3.56. The van der Waals surface area contributed by atoms with Crippen LogP contribution < -0.4 is 0 Å². The van der Waals surface area contributed by atoms with Crippen LogP contribution >= 0.6 is 22.7 Å². The summed E-state index contributed by atoms with van der Waals surface area (Å²) in [7, 11) is 0. The van der Waals surface area contributed by atoms with Crippen LogP contribution in [0.25, 0.3) is 52.4 Å². The summed E-state index contributed by atoms with van der Waals surface area (Å²) in [5, 5.41) is 17.2. The second-order valence-electron chi connectivity index (χ2n) is 14.1. The van der Waals surface area contributed by atoms with E-state index >= 15 is 0 Å². The molecule has 0 aliphatic heterocycles. The molecular formula is C41H47IrN2O2S2-. The molecule has 7 heteroatoms. The molecule has 0 amide bonds. The van der Waals surface area contributed by atoms with Crippen molar-refractivity contribution in [2.75, 3.05) is 0 Å². The zero-order chi connectivity index (χ0) is 34.1. The summed E-state index contributed by atoms with van der Waals surface area (Å²) in [5.41, 5.74) is 3.80. The third-order valence-electron chi connectivity index (χ3n) is 10.3. The van der Waals surface area contributed by atoms with Gasteiger partial charge in [0.05, 0.1) is 5.52 Å². The van der Waals surface area contributed by atoms with E-state index in [1.807, 2.05) is 41.5 Å². The summed E-state index contributed by atoms with van der Waals surface area (Å²) in [6.45, 7) is 18.9. The van der Waals surface area contributed by atoms with Gasteiger partial charge in [-0.15, -0.1) is 51.8 Å². The minimum Gasteiger partial charge on any atom is -0.512 e. The van der Waals surface area contributed by atoms with E-state index < -0.39 is 0 Å². The minimum atomic E-state index is -0.337. The van der Waals surface area contributed by atoms with Crippen molar-refractivity contribution in [2.24, 2.45) is 10.8 Å². The number of nitrogens with zero attached hydrogens (tertiary/aromatic N) is 2. The van der Waals surface area contributed by atoms with Crippen LogP contribution in [0.1, 0.15) is 93.6 Å². The van der Waals surface area contributed by atoms with Crippen molar-refractivity contribution < 1.29 is 30.0 Å². The van der Waals surface area contributed by atoms with Crippen molar-refractivity contribution in [3.8, 4) is 11.3 Å². The standard InChI is InChI=1S/C26H19N2S2.C15H28O2.Ir/c1-26(2,3)20-11-17(10-15-6-4-5-7-18(15)20)23-25-24(28-14-27-23)19-13-21-16(8-9-29-21)12-22(19)30-25;1-7-14(5,8-2)12(16)11-13(17)15(6,9-3)10-4;/h4-9,11-14H,1-3H3;11,16H,7-10H2,1-6H3;/q-1;;/b;12-11-;. The molecule has 3 aromatic carbocycles. The van der Waals surface area contributed by atoms with Crippen LogP contribution in [0.2, 0.25) is 0 Å². The van der Waals surface area contributed by atoms with Crippen LogP contribution in [-0.4, -0.2) is 20.9 Å². The van der Waals surface area contributed by atoms with Crippen LogP contribution in [-0.2, 0) is 30.3 Å². The largest absolute Gasteiger partial charge is 0.512 e. The minimum absolute atomic E-state index is 0. The molecule has 0 bridgehead atoms. The second-order valence-corrected chi connectivity index (χ2v) is 16.1. The number of aliphatic hydroxyl groups is 1. The second kappa shape index (κ2) is 14.9. The summed E-state index contributed by atoms with van der Waals surface area (Å²) in [5.74, 6) is 0.286. The van der Waals surface area contributed by atoms with E-state index in [4.69, 9.17) is 4.98 Å². The van der Waals surface area contributed by atoms with E-state index in [2.05, 4.69) is 85.7 Å². The van der Waals surface area contributed by atoms with Gasteiger partial charge in [0.1, 0.15) is 12.1 Å². The molecule has 0 saturated carbocycles. The molecule has 3 heterocycles.